The minimum absolute atomic E-state index is 0.157. The van der Waals surface area contributed by atoms with Gasteiger partial charge >= 0.3 is 6.09 Å². The van der Waals surface area contributed by atoms with Crippen LogP contribution in [0.5, 0.6) is 0 Å². The van der Waals surface area contributed by atoms with E-state index < -0.39 is 5.60 Å². The molecule has 0 aliphatic carbocycles. The summed E-state index contributed by atoms with van der Waals surface area (Å²) in [6.07, 6.45) is 0.664. The minimum atomic E-state index is -0.462. The highest BCUT2D eigenvalue weighted by molar-refractivity contribution is 5.69. The summed E-state index contributed by atoms with van der Waals surface area (Å²) < 4.78 is 5.57. The van der Waals surface area contributed by atoms with Crippen molar-refractivity contribution in [3.8, 4) is 0 Å². The quantitative estimate of drug-likeness (QED) is 0.839. The van der Waals surface area contributed by atoms with Crippen molar-refractivity contribution in [3.05, 3.63) is 35.4 Å². The van der Waals surface area contributed by atoms with E-state index in [9.17, 15) is 4.79 Å². The maximum Gasteiger partial charge on any atom is 0.410 e. The molecule has 4 heteroatoms. The van der Waals surface area contributed by atoms with E-state index in [-0.39, 0.29) is 12.1 Å². The average Bonchev–Trinajstić information content (AvgIpc) is 2.35. The van der Waals surface area contributed by atoms with Gasteiger partial charge in [-0.05, 0) is 52.4 Å². The first kappa shape index (κ1) is 15.8. The first-order chi connectivity index (χ1) is 9.76. The van der Waals surface area contributed by atoms with E-state index in [1.54, 1.807) is 0 Å². The topological polar surface area (TPSA) is 32.8 Å². The molecule has 1 aromatic carbocycles. The van der Waals surface area contributed by atoms with E-state index in [0.29, 0.717) is 6.54 Å². The molecule has 0 radical (unpaired) electrons. The zero-order valence-corrected chi connectivity index (χ0v) is 13.7. The monoisotopic (exact) mass is 290 g/mol. The van der Waals surface area contributed by atoms with Gasteiger partial charge in [-0.25, -0.2) is 4.79 Å². The number of amides is 1. The Morgan fingerprint density at radius 2 is 1.90 bits per heavy atom. The number of likely N-dealkylation sites (N-methyl/N-ethyl adjacent to an activating group) is 1. The van der Waals surface area contributed by atoms with Crippen molar-refractivity contribution in [1.82, 2.24) is 9.80 Å². The molecule has 21 heavy (non-hydrogen) atoms. The molecule has 2 rings (SSSR count). The van der Waals surface area contributed by atoms with Crippen LogP contribution in [0, 0.1) is 0 Å². The largest absolute Gasteiger partial charge is 0.444 e. The van der Waals surface area contributed by atoms with Gasteiger partial charge in [-0.2, -0.15) is 0 Å². The third-order valence-electron chi connectivity index (χ3n) is 3.56. The highest BCUT2D eigenvalue weighted by Gasteiger charge is 2.32. The fourth-order valence-corrected chi connectivity index (χ4v) is 2.71. The second-order valence-corrected chi connectivity index (χ2v) is 7.00. The Kier molecular flexibility index (Phi) is 4.57. The summed E-state index contributed by atoms with van der Waals surface area (Å²) in [4.78, 5) is 16.5. The molecular formula is C17H26N2O2. The molecular weight excluding hydrogens is 264 g/mol. The SMILES string of the molecule is CN(C)C[C@@H]1Cc2ccccc2CN1C(=O)OC(C)(C)C. The maximum absolute atomic E-state index is 12.5. The molecule has 0 aromatic heterocycles. The van der Waals surface area contributed by atoms with Gasteiger partial charge in [-0.15, -0.1) is 0 Å². The molecule has 1 aliphatic rings. The number of nitrogens with zero attached hydrogens (tertiary/aromatic N) is 2. The molecule has 1 aromatic rings. The fourth-order valence-electron chi connectivity index (χ4n) is 2.71. The molecule has 1 amide bonds. The second-order valence-electron chi connectivity index (χ2n) is 7.00. The Morgan fingerprint density at radius 3 is 2.48 bits per heavy atom. The number of fused-ring (bicyclic) bond motifs is 1. The minimum Gasteiger partial charge on any atom is -0.444 e. The summed E-state index contributed by atoms with van der Waals surface area (Å²) in [7, 11) is 4.07. The van der Waals surface area contributed by atoms with Crippen LogP contribution in [0.2, 0.25) is 0 Å². The number of benzene rings is 1. The Bertz CT molecular complexity index is 506. The lowest BCUT2D eigenvalue weighted by atomic mass is 9.94. The number of hydrogen-bond donors (Lipinski definition) is 0. The van der Waals surface area contributed by atoms with Crippen molar-refractivity contribution in [2.45, 2.75) is 45.4 Å². The van der Waals surface area contributed by atoms with Crippen molar-refractivity contribution in [3.63, 3.8) is 0 Å². The molecule has 1 aliphatic heterocycles. The number of rotatable bonds is 2. The average molecular weight is 290 g/mol. The Hall–Kier alpha value is -1.55. The first-order valence-electron chi connectivity index (χ1n) is 7.47. The van der Waals surface area contributed by atoms with E-state index in [2.05, 4.69) is 23.1 Å². The summed E-state index contributed by atoms with van der Waals surface area (Å²) in [6.45, 7) is 7.19. The van der Waals surface area contributed by atoms with Crippen LogP contribution in [-0.4, -0.2) is 48.2 Å². The van der Waals surface area contributed by atoms with Crippen molar-refractivity contribution in [1.29, 1.82) is 0 Å². The highest BCUT2D eigenvalue weighted by Crippen LogP contribution is 2.25. The van der Waals surface area contributed by atoms with Crippen molar-refractivity contribution < 1.29 is 9.53 Å². The van der Waals surface area contributed by atoms with Crippen LogP contribution in [0.15, 0.2) is 24.3 Å². The lowest BCUT2D eigenvalue weighted by Gasteiger charge is -2.38. The third kappa shape index (κ3) is 4.21. The third-order valence-corrected chi connectivity index (χ3v) is 3.56. The maximum atomic E-state index is 12.5. The lowest BCUT2D eigenvalue weighted by Crippen LogP contribution is -2.50. The normalized spacial score (nSPS) is 18.6. The molecule has 0 saturated carbocycles. The van der Waals surface area contributed by atoms with E-state index in [0.717, 1.165) is 13.0 Å². The van der Waals surface area contributed by atoms with Gasteiger partial charge in [0.1, 0.15) is 5.60 Å². The molecule has 1 atom stereocenters. The summed E-state index contributed by atoms with van der Waals surface area (Å²) in [5.41, 5.74) is 2.10. The smallest absolute Gasteiger partial charge is 0.410 e. The lowest BCUT2D eigenvalue weighted by molar-refractivity contribution is 0.00929. The number of carbonyl (C=O) groups is 1. The van der Waals surface area contributed by atoms with Gasteiger partial charge in [0.15, 0.2) is 0 Å². The fraction of sp³-hybridized carbons (Fsp3) is 0.588. The van der Waals surface area contributed by atoms with E-state index in [1.165, 1.54) is 11.1 Å². The van der Waals surface area contributed by atoms with Crippen molar-refractivity contribution >= 4 is 6.09 Å². The second kappa shape index (κ2) is 6.06. The van der Waals surface area contributed by atoms with Gasteiger partial charge in [0.2, 0.25) is 0 Å². The molecule has 0 unspecified atom stereocenters. The summed E-state index contributed by atoms with van der Waals surface area (Å²) >= 11 is 0. The predicted molar refractivity (Wildman–Crippen MR) is 84.3 cm³/mol. The summed E-state index contributed by atoms with van der Waals surface area (Å²) in [6, 6.07) is 8.50. The summed E-state index contributed by atoms with van der Waals surface area (Å²) in [5.74, 6) is 0. The van der Waals surface area contributed by atoms with E-state index in [4.69, 9.17) is 4.74 Å². The standard InChI is InChI=1S/C17H26N2O2/c1-17(2,3)21-16(20)19-11-14-9-7-6-8-13(14)10-15(19)12-18(4)5/h6-9,15H,10-12H2,1-5H3/t15-/m0/s1. The van der Waals surface area contributed by atoms with Crippen LogP contribution < -0.4 is 0 Å². The van der Waals surface area contributed by atoms with Gasteiger partial charge < -0.3 is 9.64 Å². The van der Waals surface area contributed by atoms with E-state index in [1.807, 2.05) is 45.8 Å². The molecule has 0 spiro atoms. The molecule has 4 nitrogen and oxygen atoms in total. The molecule has 0 N–H and O–H groups in total. The highest BCUT2D eigenvalue weighted by atomic mass is 16.6. The van der Waals surface area contributed by atoms with Gasteiger partial charge in [-0.1, -0.05) is 24.3 Å². The first-order valence-corrected chi connectivity index (χ1v) is 7.47. The summed E-state index contributed by atoms with van der Waals surface area (Å²) in [5, 5.41) is 0. The van der Waals surface area contributed by atoms with Crippen LogP contribution >= 0.6 is 0 Å². The Balaban J connectivity index is 2.22. The van der Waals surface area contributed by atoms with Crippen LogP contribution in [0.25, 0.3) is 0 Å². The van der Waals surface area contributed by atoms with Crippen molar-refractivity contribution in [2.75, 3.05) is 20.6 Å². The zero-order chi connectivity index (χ0) is 15.6. The van der Waals surface area contributed by atoms with Gasteiger partial charge in [0, 0.05) is 13.1 Å². The molecule has 1 heterocycles. The van der Waals surface area contributed by atoms with Gasteiger partial charge in [-0.3, -0.25) is 4.90 Å². The molecule has 116 valence electrons. The number of ether oxygens (including phenoxy) is 1. The van der Waals surface area contributed by atoms with Gasteiger partial charge in [0.05, 0.1) is 6.04 Å². The molecule has 0 fully saturated rings. The zero-order valence-electron chi connectivity index (χ0n) is 13.7. The molecule has 0 bridgehead atoms. The van der Waals surface area contributed by atoms with Crippen LogP contribution in [-0.2, 0) is 17.7 Å². The molecule has 0 saturated heterocycles. The van der Waals surface area contributed by atoms with Crippen LogP contribution in [0.1, 0.15) is 31.9 Å². The van der Waals surface area contributed by atoms with E-state index >= 15 is 0 Å². The number of hydrogen-bond acceptors (Lipinski definition) is 3. The van der Waals surface area contributed by atoms with Crippen LogP contribution in [0.3, 0.4) is 0 Å². The van der Waals surface area contributed by atoms with Gasteiger partial charge in [0.25, 0.3) is 0 Å². The predicted octanol–water partition coefficient (Wildman–Crippen LogP) is 2.91. The number of carbonyl (C=O) groups excluding carboxylic acids is 1. The Morgan fingerprint density at radius 1 is 1.29 bits per heavy atom. The van der Waals surface area contributed by atoms with Crippen molar-refractivity contribution in [2.24, 2.45) is 0 Å². The van der Waals surface area contributed by atoms with Crippen LogP contribution in [0.4, 0.5) is 4.79 Å². The Labute approximate surface area is 127 Å².